The third-order valence-corrected chi connectivity index (χ3v) is 5.94. The molecule has 0 saturated carbocycles. The number of sulfonamides is 1. The summed E-state index contributed by atoms with van der Waals surface area (Å²) in [6.07, 6.45) is 1.40. The van der Waals surface area contributed by atoms with Crippen LogP contribution < -0.4 is 19.1 Å². The van der Waals surface area contributed by atoms with Crippen LogP contribution in [0.4, 0.5) is 10.1 Å². The maximum Gasteiger partial charge on any atom is 0.241 e. The van der Waals surface area contributed by atoms with Gasteiger partial charge in [0, 0.05) is 12.0 Å². The Hall–Kier alpha value is -2.81. The smallest absolute Gasteiger partial charge is 0.241 e. The zero-order chi connectivity index (χ0) is 22.1. The Kier molecular flexibility index (Phi) is 5.94. The zero-order valence-corrected chi connectivity index (χ0v) is 18.1. The molecule has 0 spiro atoms. The number of ether oxygens (including phenoxy) is 2. The van der Waals surface area contributed by atoms with Crippen LogP contribution in [-0.4, -0.2) is 39.8 Å². The van der Waals surface area contributed by atoms with Gasteiger partial charge in [-0.3, -0.25) is 9.10 Å². The molecule has 1 amide bonds. The monoisotopic (exact) mass is 436 g/mol. The molecule has 1 aliphatic heterocycles. The van der Waals surface area contributed by atoms with Gasteiger partial charge in [-0.1, -0.05) is 12.1 Å². The van der Waals surface area contributed by atoms with Crippen molar-refractivity contribution < 1.29 is 27.1 Å². The Morgan fingerprint density at radius 2 is 2.00 bits per heavy atom. The minimum Gasteiger partial charge on any atom is -0.497 e. The number of carbonyl (C=O) groups is 1. The first-order chi connectivity index (χ1) is 14.0. The Morgan fingerprint density at radius 3 is 2.63 bits per heavy atom. The van der Waals surface area contributed by atoms with E-state index < -0.39 is 39.9 Å². The molecule has 1 heterocycles. The van der Waals surface area contributed by atoms with Gasteiger partial charge < -0.3 is 14.8 Å². The molecule has 0 radical (unpaired) electrons. The lowest BCUT2D eigenvalue weighted by atomic mass is 9.89. The minimum atomic E-state index is -3.88. The zero-order valence-electron chi connectivity index (χ0n) is 17.3. The second-order valence-electron chi connectivity index (χ2n) is 7.81. The van der Waals surface area contributed by atoms with Gasteiger partial charge in [0.2, 0.25) is 15.9 Å². The number of rotatable bonds is 6. The van der Waals surface area contributed by atoms with Crippen molar-refractivity contribution in [2.24, 2.45) is 0 Å². The molecule has 1 N–H and O–H groups in total. The van der Waals surface area contributed by atoms with E-state index in [1.165, 1.54) is 18.2 Å². The minimum absolute atomic E-state index is 0.176. The topological polar surface area (TPSA) is 84.9 Å². The van der Waals surface area contributed by atoms with Crippen molar-refractivity contribution in [2.75, 3.05) is 24.2 Å². The molecule has 9 heteroatoms. The molecular formula is C21H25FN2O5S. The van der Waals surface area contributed by atoms with Gasteiger partial charge in [-0.25, -0.2) is 12.8 Å². The van der Waals surface area contributed by atoms with Crippen LogP contribution in [-0.2, 0) is 14.8 Å². The molecule has 30 heavy (non-hydrogen) atoms. The first kappa shape index (κ1) is 21.9. The predicted molar refractivity (Wildman–Crippen MR) is 112 cm³/mol. The van der Waals surface area contributed by atoms with Crippen LogP contribution in [0.2, 0.25) is 0 Å². The molecular weight excluding hydrogens is 411 g/mol. The third kappa shape index (κ3) is 4.84. The standard InChI is InChI=1S/C21H25FN2O5S/c1-21(2)12-17(15-11-14(28-3)9-10-19(15)29-21)23-20(25)13-24(30(4,26)27)18-8-6-5-7-16(18)22/h5-11,17H,12-13H2,1-4H3,(H,23,25)/t17-/m0/s1. The maximum absolute atomic E-state index is 14.2. The molecule has 0 fully saturated rings. The molecule has 1 atom stereocenters. The van der Waals surface area contributed by atoms with Crippen LogP contribution in [0.3, 0.4) is 0 Å². The molecule has 2 aromatic carbocycles. The Morgan fingerprint density at radius 1 is 1.30 bits per heavy atom. The fourth-order valence-corrected chi connectivity index (χ4v) is 4.35. The second-order valence-corrected chi connectivity index (χ2v) is 9.72. The molecule has 7 nitrogen and oxygen atoms in total. The van der Waals surface area contributed by atoms with E-state index in [1.54, 1.807) is 25.3 Å². The molecule has 0 bridgehead atoms. The number of anilines is 1. The summed E-state index contributed by atoms with van der Waals surface area (Å²) in [5, 5.41) is 2.87. The average Bonchev–Trinajstić information content (AvgIpc) is 2.65. The Bertz CT molecular complexity index is 1060. The van der Waals surface area contributed by atoms with Crippen molar-refractivity contribution in [3.05, 3.63) is 53.8 Å². The molecule has 1 aliphatic rings. The number of hydrogen-bond donors (Lipinski definition) is 1. The number of amides is 1. The largest absolute Gasteiger partial charge is 0.497 e. The highest BCUT2D eigenvalue weighted by Crippen LogP contribution is 2.41. The lowest BCUT2D eigenvalue weighted by Gasteiger charge is -2.38. The van der Waals surface area contributed by atoms with E-state index in [0.717, 1.165) is 22.2 Å². The summed E-state index contributed by atoms with van der Waals surface area (Å²) in [4.78, 5) is 12.8. The van der Waals surface area contributed by atoms with E-state index in [2.05, 4.69) is 5.32 Å². The van der Waals surface area contributed by atoms with Crippen LogP contribution in [0.1, 0.15) is 31.9 Å². The van der Waals surface area contributed by atoms with Crippen molar-refractivity contribution in [2.45, 2.75) is 31.9 Å². The normalized spacial score (nSPS) is 17.4. The van der Waals surface area contributed by atoms with Gasteiger partial charge >= 0.3 is 0 Å². The first-order valence-electron chi connectivity index (χ1n) is 9.39. The molecule has 0 saturated heterocycles. The summed E-state index contributed by atoms with van der Waals surface area (Å²) < 4.78 is 50.7. The van der Waals surface area contributed by atoms with Crippen molar-refractivity contribution in [3.63, 3.8) is 0 Å². The predicted octanol–water partition coefficient (Wildman–Crippen LogP) is 3.02. The Labute approximate surface area is 175 Å². The third-order valence-electron chi connectivity index (χ3n) is 4.82. The number of halogens is 1. The van der Waals surface area contributed by atoms with Gasteiger partial charge in [0.15, 0.2) is 0 Å². The molecule has 3 rings (SSSR count). The van der Waals surface area contributed by atoms with Crippen molar-refractivity contribution >= 4 is 21.6 Å². The van der Waals surface area contributed by atoms with Crippen LogP contribution in [0.15, 0.2) is 42.5 Å². The molecule has 0 aliphatic carbocycles. The van der Waals surface area contributed by atoms with E-state index >= 15 is 0 Å². The van der Waals surface area contributed by atoms with Gasteiger partial charge in [0.1, 0.15) is 29.5 Å². The van der Waals surface area contributed by atoms with Crippen LogP contribution in [0, 0.1) is 5.82 Å². The van der Waals surface area contributed by atoms with E-state index in [1.807, 2.05) is 13.8 Å². The highest BCUT2D eigenvalue weighted by molar-refractivity contribution is 7.92. The summed E-state index contributed by atoms with van der Waals surface area (Å²) >= 11 is 0. The van der Waals surface area contributed by atoms with E-state index in [4.69, 9.17) is 9.47 Å². The van der Waals surface area contributed by atoms with Gasteiger partial charge in [-0.2, -0.15) is 0 Å². The van der Waals surface area contributed by atoms with E-state index in [0.29, 0.717) is 17.9 Å². The van der Waals surface area contributed by atoms with E-state index in [-0.39, 0.29) is 5.69 Å². The second kappa shape index (κ2) is 8.14. The number of benzene rings is 2. The quantitative estimate of drug-likeness (QED) is 0.753. The van der Waals surface area contributed by atoms with Crippen LogP contribution in [0.25, 0.3) is 0 Å². The average molecular weight is 437 g/mol. The lowest BCUT2D eigenvalue weighted by Crippen LogP contribution is -2.45. The Balaban J connectivity index is 1.87. The fraction of sp³-hybridized carbons (Fsp3) is 0.381. The highest BCUT2D eigenvalue weighted by Gasteiger charge is 2.35. The number of nitrogens with one attached hydrogen (secondary N) is 1. The number of carbonyl (C=O) groups excluding carboxylic acids is 1. The SMILES string of the molecule is COc1ccc2c(c1)[C@@H](NC(=O)CN(c1ccccc1F)S(C)(=O)=O)CC(C)(C)O2. The van der Waals surface area contributed by atoms with Crippen LogP contribution >= 0.6 is 0 Å². The molecule has 0 unspecified atom stereocenters. The van der Waals surface area contributed by atoms with Gasteiger partial charge in [0.25, 0.3) is 0 Å². The number of fused-ring (bicyclic) bond motifs is 1. The summed E-state index contributed by atoms with van der Waals surface area (Å²) in [6.45, 7) is 3.26. The van der Waals surface area contributed by atoms with Gasteiger partial charge in [0.05, 0.1) is 25.1 Å². The summed E-state index contributed by atoms with van der Waals surface area (Å²) in [7, 11) is -2.34. The first-order valence-corrected chi connectivity index (χ1v) is 11.2. The number of nitrogens with zero attached hydrogens (tertiary/aromatic N) is 1. The van der Waals surface area contributed by atoms with Gasteiger partial charge in [-0.05, 0) is 44.2 Å². The number of hydrogen-bond acceptors (Lipinski definition) is 5. The number of para-hydroxylation sites is 1. The van der Waals surface area contributed by atoms with Gasteiger partial charge in [-0.15, -0.1) is 0 Å². The van der Waals surface area contributed by atoms with Crippen LogP contribution in [0.5, 0.6) is 11.5 Å². The summed E-state index contributed by atoms with van der Waals surface area (Å²) in [5.41, 5.74) is 0.0186. The van der Waals surface area contributed by atoms with Crippen molar-refractivity contribution in [1.82, 2.24) is 5.32 Å². The maximum atomic E-state index is 14.2. The lowest BCUT2D eigenvalue weighted by molar-refractivity contribution is -0.120. The summed E-state index contributed by atoms with van der Waals surface area (Å²) in [6, 6.07) is 10.3. The summed E-state index contributed by atoms with van der Waals surface area (Å²) in [5.74, 6) is -0.0509. The highest BCUT2D eigenvalue weighted by atomic mass is 32.2. The molecule has 2 aromatic rings. The number of methoxy groups -OCH3 is 1. The van der Waals surface area contributed by atoms with E-state index in [9.17, 15) is 17.6 Å². The van der Waals surface area contributed by atoms with Crippen molar-refractivity contribution in [1.29, 1.82) is 0 Å². The van der Waals surface area contributed by atoms with Crippen molar-refractivity contribution in [3.8, 4) is 11.5 Å². The molecule has 162 valence electrons. The molecule has 0 aromatic heterocycles. The fourth-order valence-electron chi connectivity index (χ4n) is 3.49.